The summed E-state index contributed by atoms with van der Waals surface area (Å²) >= 11 is 0. The first-order valence-electron chi connectivity index (χ1n) is 17.6. The summed E-state index contributed by atoms with van der Waals surface area (Å²) in [6, 6.07) is 11.1. The van der Waals surface area contributed by atoms with E-state index >= 15 is 0 Å². The summed E-state index contributed by atoms with van der Waals surface area (Å²) in [6.45, 7) is 7.67. The third kappa shape index (κ3) is 7.05. The van der Waals surface area contributed by atoms with E-state index in [1.54, 1.807) is 12.1 Å². The van der Waals surface area contributed by atoms with Gasteiger partial charge in [-0.1, -0.05) is 57.9 Å². The Morgan fingerprint density at radius 3 is 2.50 bits per heavy atom. The second-order valence-corrected chi connectivity index (χ2v) is 17.0. The number of nitrogens with one attached hydrogen (secondary N) is 2. The monoisotopic (exact) mass is 655 g/mol. The van der Waals surface area contributed by atoms with Crippen LogP contribution in [0.25, 0.3) is 10.8 Å². The second kappa shape index (κ2) is 14.6. The van der Waals surface area contributed by atoms with Crippen LogP contribution in [0.3, 0.4) is 0 Å². The van der Waals surface area contributed by atoms with Crippen LogP contribution in [0.5, 0.6) is 0 Å². The maximum Gasteiger partial charge on any atom is 0.253 e. The first-order chi connectivity index (χ1) is 21.9. The highest BCUT2D eigenvalue weighted by atomic mass is 32.2. The molecule has 0 aliphatic heterocycles. The summed E-state index contributed by atoms with van der Waals surface area (Å²) in [5.74, 6) is 2.15. The summed E-state index contributed by atoms with van der Waals surface area (Å²) in [5.41, 5.74) is 4.09. The normalized spacial score (nSPS) is 34.2. The number of carbonyl (C=O) groups is 1. The van der Waals surface area contributed by atoms with Gasteiger partial charge in [-0.15, -0.1) is 4.83 Å². The SMILES string of the molecule is C[C@H](CCCCNNS(=O)(=O)c1cccc2c(N(C)C)cccc12)[C@H]1CCC2C3C(CC[C@@]21C)[C@@H](C)CC[C@H](O)C[C@@H](O)[C@@H]3C=O. The highest BCUT2D eigenvalue weighted by Gasteiger charge is 2.57. The Bertz CT molecular complexity index is 1450. The molecule has 0 aromatic heterocycles. The number of aliphatic hydroxyl groups is 2. The molecule has 3 aliphatic rings. The minimum absolute atomic E-state index is 0.146. The molecule has 10 atom stereocenters. The number of hydrogen-bond acceptors (Lipinski definition) is 7. The summed E-state index contributed by atoms with van der Waals surface area (Å²) in [7, 11) is 0.166. The van der Waals surface area contributed by atoms with Gasteiger partial charge in [0.15, 0.2) is 0 Å². The van der Waals surface area contributed by atoms with E-state index in [0.717, 1.165) is 68.7 Å². The van der Waals surface area contributed by atoms with E-state index in [1.165, 1.54) is 0 Å². The lowest BCUT2D eigenvalue weighted by molar-refractivity contribution is -0.126. The summed E-state index contributed by atoms with van der Waals surface area (Å²) in [6.07, 6.45) is 9.11. The van der Waals surface area contributed by atoms with Gasteiger partial charge in [0.2, 0.25) is 0 Å². The predicted octanol–water partition coefficient (Wildman–Crippen LogP) is 5.91. The van der Waals surface area contributed by atoms with Gasteiger partial charge in [-0.3, -0.25) is 0 Å². The number of benzene rings is 2. The van der Waals surface area contributed by atoms with Crippen LogP contribution in [0.2, 0.25) is 0 Å². The van der Waals surface area contributed by atoms with E-state index in [9.17, 15) is 23.4 Å². The van der Waals surface area contributed by atoms with Crippen molar-refractivity contribution < 1.29 is 23.4 Å². The molecule has 3 unspecified atom stereocenters. The molecule has 0 saturated heterocycles. The zero-order valence-corrected chi connectivity index (χ0v) is 29.3. The topological polar surface area (TPSA) is 119 Å². The van der Waals surface area contributed by atoms with E-state index < -0.39 is 28.1 Å². The van der Waals surface area contributed by atoms with Crippen LogP contribution in [0.4, 0.5) is 5.69 Å². The number of fused-ring (bicyclic) bond motifs is 4. The predicted molar refractivity (Wildman–Crippen MR) is 185 cm³/mol. The molecule has 0 radical (unpaired) electrons. The molecule has 3 saturated carbocycles. The number of carbonyl (C=O) groups excluding carboxylic acids is 1. The van der Waals surface area contributed by atoms with Crippen molar-refractivity contribution in [1.29, 1.82) is 0 Å². The summed E-state index contributed by atoms with van der Waals surface area (Å²) in [5, 5.41) is 23.2. The van der Waals surface area contributed by atoms with E-state index in [2.05, 4.69) is 31.0 Å². The van der Waals surface area contributed by atoms with Gasteiger partial charge in [0.05, 0.1) is 17.1 Å². The van der Waals surface area contributed by atoms with Crippen molar-refractivity contribution in [2.75, 3.05) is 25.5 Å². The van der Waals surface area contributed by atoms with Gasteiger partial charge in [0, 0.05) is 43.0 Å². The van der Waals surface area contributed by atoms with Crippen molar-refractivity contribution in [1.82, 2.24) is 10.3 Å². The Balaban J connectivity index is 1.16. The molecule has 0 bridgehead atoms. The second-order valence-electron chi connectivity index (χ2n) is 15.3. The molecule has 2 aromatic carbocycles. The maximum atomic E-state index is 13.2. The van der Waals surface area contributed by atoms with Gasteiger partial charge in [-0.05, 0) is 104 Å². The first-order valence-corrected chi connectivity index (χ1v) is 19.1. The lowest BCUT2D eigenvalue weighted by Crippen LogP contribution is -2.49. The maximum absolute atomic E-state index is 13.2. The van der Waals surface area contributed by atoms with Gasteiger partial charge < -0.3 is 19.9 Å². The molecule has 46 heavy (non-hydrogen) atoms. The molecule has 0 spiro atoms. The molecule has 5 rings (SSSR count). The Kier molecular flexibility index (Phi) is 11.2. The number of rotatable bonds is 11. The molecular weight excluding hydrogens is 598 g/mol. The average molecular weight is 656 g/mol. The van der Waals surface area contributed by atoms with Crippen LogP contribution in [-0.4, -0.2) is 57.8 Å². The minimum atomic E-state index is -3.74. The highest BCUT2D eigenvalue weighted by molar-refractivity contribution is 7.89. The van der Waals surface area contributed by atoms with E-state index in [-0.39, 0.29) is 16.2 Å². The minimum Gasteiger partial charge on any atom is -0.393 e. The Hall–Kier alpha value is -2.04. The molecule has 4 N–H and O–H groups in total. The standard InChI is InChI=1S/C37H57N3O5S/c1-24-15-16-26(42)22-34(43)30(23-41)36-27(24)19-20-37(3)31(17-18-32(36)37)25(2)10-6-7-21-38-39-46(44,45)35-14-9-11-28-29(35)12-8-13-33(28)40(4)5/h8-9,11-14,23-27,30-32,34,36,38-39,42-43H,6-7,10,15-22H2,1-5H3/t24-,25+,26-,27?,30-,31+,32?,34+,36?,37+/m0/s1. The van der Waals surface area contributed by atoms with Crippen molar-refractivity contribution in [2.45, 2.75) is 102 Å². The molecule has 8 nitrogen and oxygen atoms in total. The van der Waals surface area contributed by atoms with Crippen molar-refractivity contribution in [2.24, 2.45) is 46.8 Å². The quantitative estimate of drug-likeness (QED) is 0.135. The third-order valence-corrected chi connectivity index (χ3v) is 13.8. The zero-order chi connectivity index (χ0) is 33.2. The van der Waals surface area contributed by atoms with E-state index in [0.29, 0.717) is 54.4 Å². The number of nitrogens with zero attached hydrogens (tertiary/aromatic N) is 1. The molecule has 3 aliphatic carbocycles. The molecule has 9 heteroatoms. The Morgan fingerprint density at radius 2 is 1.76 bits per heavy atom. The lowest BCUT2D eigenvalue weighted by atomic mass is 9.52. The fraction of sp³-hybridized carbons (Fsp3) is 0.703. The third-order valence-electron chi connectivity index (χ3n) is 12.4. The van der Waals surface area contributed by atoms with Crippen LogP contribution in [0.15, 0.2) is 41.3 Å². The Morgan fingerprint density at radius 1 is 1.02 bits per heavy atom. The Labute approximate surface area is 276 Å². The van der Waals surface area contributed by atoms with Crippen LogP contribution in [0.1, 0.15) is 85.0 Å². The van der Waals surface area contributed by atoms with Gasteiger partial charge in [-0.2, -0.15) is 0 Å². The molecule has 0 heterocycles. The molecule has 3 fully saturated rings. The first kappa shape index (κ1) is 35.3. The van der Waals surface area contributed by atoms with Crippen molar-refractivity contribution in [3.63, 3.8) is 0 Å². The van der Waals surface area contributed by atoms with Crippen LogP contribution in [-0.2, 0) is 14.8 Å². The van der Waals surface area contributed by atoms with Crippen molar-refractivity contribution in [3.05, 3.63) is 36.4 Å². The van der Waals surface area contributed by atoms with Crippen molar-refractivity contribution in [3.8, 4) is 0 Å². The van der Waals surface area contributed by atoms with Crippen LogP contribution < -0.4 is 15.2 Å². The smallest absolute Gasteiger partial charge is 0.253 e. The zero-order valence-electron chi connectivity index (χ0n) is 28.5. The van der Waals surface area contributed by atoms with Gasteiger partial charge in [0.25, 0.3) is 10.0 Å². The number of unbranched alkanes of at least 4 members (excludes halogenated alkanes) is 1. The summed E-state index contributed by atoms with van der Waals surface area (Å²) in [4.78, 5) is 17.4. The number of hydrazine groups is 1. The number of anilines is 1. The van der Waals surface area contributed by atoms with E-state index in [4.69, 9.17) is 0 Å². The van der Waals surface area contributed by atoms with Gasteiger partial charge >= 0.3 is 0 Å². The van der Waals surface area contributed by atoms with Gasteiger partial charge in [-0.25, -0.2) is 13.8 Å². The lowest BCUT2D eigenvalue weighted by Gasteiger charge is -2.53. The number of sulfonamides is 1. The highest BCUT2D eigenvalue weighted by Crippen LogP contribution is 2.64. The fourth-order valence-corrected chi connectivity index (χ4v) is 11.2. The number of aliphatic hydroxyl groups excluding tert-OH is 2. The van der Waals surface area contributed by atoms with Crippen LogP contribution in [0, 0.1) is 46.8 Å². The molecule has 2 aromatic rings. The fourth-order valence-electron chi connectivity index (χ4n) is 10.0. The number of hydrogen-bond donors (Lipinski definition) is 4. The molecule has 256 valence electrons. The molecular formula is C37H57N3O5S. The van der Waals surface area contributed by atoms with Crippen LogP contribution >= 0.6 is 0 Å². The average Bonchev–Trinajstić information content (AvgIpc) is 3.39. The van der Waals surface area contributed by atoms with Crippen molar-refractivity contribution >= 4 is 32.8 Å². The summed E-state index contributed by atoms with van der Waals surface area (Å²) < 4.78 is 26.5. The van der Waals surface area contributed by atoms with Gasteiger partial charge in [0.1, 0.15) is 6.29 Å². The van der Waals surface area contributed by atoms with E-state index in [1.807, 2.05) is 43.3 Å². The largest absolute Gasteiger partial charge is 0.393 e. The number of aldehydes is 1. The molecule has 0 amide bonds.